The Morgan fingerprint density at radius 1 is 0.900 bits per heavy atom. The van der Waals surface area contributed by atoms with Gasteiger partial charge in [-0.15, -0.1) is 0 Å². The van der Waals surface area contributed by atoms with Gasteiger partial charge < -0.3 is 10.2 Å². The van der Waals surface area contributed by atoms with Crippen LogP contribution in [0.15, 0.2) is 66.7 Å². The van der Waals surface area contributed by atoms with Gasteiger partial charge >= 0.3 is 0 Å². The van der Waals surface area contributed by atoms with Crippen LogP contribution in [0.5, 0.6) is 0 Å². The molecule has 1 aliphatic rings. The third kappa shape index (κ3) is 3.77. The maximum atomic E-state index is 13.4. The summed E-state index contributed by atoms with van der Waals surface area (Å²) >= 11 is 0. The van der Waals surface area contributed by atoms with E-state index in [2.05, 4.69) is 5.32 Å². The van der Waals surface area contributed by atoms with Crippen LogP contribution in [0.4, 0.5) is 10.1 Å². The van der Waals surface area contributed by atoms with Gasteiger partial charge in [0, 0.05) is 22.3 Å². The number of hydrogen-bond donors (Lipinski definition) is 2. The predicted molar refractivity (Wildman–Crippen MR) is 110 cm³/mol. The van der Waals surface area contributed by atoms with Crippen LogP contribution in [0.1, 0.15) is 37.4 Å². The van der Waals surface area contributed by atoms with Crippen molar-refractivity contribution < 1.29 is 23.7 Å². The van der Waals surface area contributed by atoms with E-state index in [0.29, 0.717) is 23.4 Å². The molecule has 1 amide bonds. The highest BCUT2D eigenvalue weighted by Crippen LogP contribution is 2.31. The first-order valence-corrected chi connectivity index (χ1v) is 9.61. The second-order valence-corrected chi connectivity index (χ2v) is 7.42. The maximum Gasteiger partial charge on any atom is 0.279 e. The van der Waals surface area contributed by atoms with Crippen molar-refractivity contribution >= 4 is 23.2 Å². The van der Waals surface area contributed by atoms with Crippen LogP contribution in [-0.4, -0.2) is 31.1 Å². The van der Waals surface area contributed by atoms with Crippen molar-refractivity contribution in [2.24, 2.45) is 0 Å². The van der Waals surface area contributed by atoms with Gasteiger partial charge in [-0.05, 0) is 18.2 Å². The minimum absolute atomic E-state index is 0.124. The molecule has 5 nitrogen and oxygen atoms in total. The SMILES string of the molecule is C[NH+](CC(=O)Nc1cccc2c1C(=O)c1ccccc1C2=O)Cc1cccc(F)c1. The third-order valence-electron chi connectivity index (χ3n) is 5.08. The molecule has 1 aliphatic carbocycles. The van der Waals surface area contributed by atoms with Crippen molar-refractivity contribution in [2.45, 2.75) is 6.54 Å². The monoisotopic (exact) mass is 403 g/mol. The average Bonchev–Trinajstić information content (AvgIpc) is 2.71. The number of ketones is 2. The van der Waals surface area contributed by atoms with Crippen LogP contribution in [0, 0.1) is 5.82 Å². The van der Waals surface area contributed by atoms with E-state index in [1.807, 2.05) is 7.05 Å². The smallest absolute Gasteiger partial charge is 0.279 e. The van der Waals surface area contributed by atoms with Gasteiger partial charge in [-0.1, -0.05) is 48.5 Å². The van der Waals surface area contributed by atoms with E-state index >= 15 is 0 Å². The number of anilines is 1. The number of amides is 1. The molecule has 0 saturated heterocycles. The topological polar surface area (TPSA) is 67.7 Å². The lowest BCUT2D eigenvalue weighted by Gasteiger charge is -2.20. The summed E-state index contributed by atoms with van der Waals surface area (Å²) in [5.41, 5.74) is 2.33. The Morgan fingerprint density at radius 2 is 1.57 bits per heavy atom. The summed E-state index contributed by atoms with van der Waals surface area (Å²) in [5.74, 6) is -1.12. The van der Waals surface area contributed by atoms with Gasteiger partial charge in [-0.25, -0.2) is 4.39 Å². The molecular weight excluding hydrogens is 383 g/mol. The van der Waals surface area contributed by atoms with Crippen molar-refractivity contribution in [3.63, 3.8) is 0 Å². The van der Waals surface area contributed by atoms with Crippen LogP contribution in [0.2, 0.25) is 0 Å². The minimum atomic E-state index is -0.316. The second kappa shape index (κ2) is 8.00. The molecule has 0 aromatic heterocycles. The van der Waals surface area contributed by atoms with Gasteiger partial charge in [0.1, 0.15) is 12.4 Å². The average molecular weight is 403 g/mol. The van der Waals surface area contributed by atoms with E-state index in [4.69, 9.17) is 0 Å². The number of benzene rings is 3. The number of hydrogen-bond acceptors (Lipinski definition) is 3. The molecule has 0 aliphatic heterocycles. The predicted octanol–water partition coefficient (Wildman–Crippen LogP) is 2.25. The lowest BCUT2D eigenvalue weighted by Crippen LogP contribution is -3.08. The molecule has 150 valence electrons. The summed E-state index contributed by atoms with van der Waals surface area (Å²) in [6.45, 7) is 0.599. The van der Waals surface area contributed by atoms with Crippen LogP contribution in [-0.2, 0) is 11.3 Å². The van der Waals surface area contributed by atoms with Gasteiger partial charge in [0.05, 0.1) is 18.3 Å². The molecule has 4 rings (SSSR count). The summed E-state index contributed by atoms with van der Waals surface area (Å²) in [6.07, 6.45) is 0. The lowest BCUT2D eigenvalue weighted by atomic mass is 9.83. The number of likely N-dealkylation sites (N-methyl/N-ethyl adjacent to an activating group) is 1. The van der Waals surface area contributed by atoms with Crippen LogP contribution in [0.3, 0.4) is 0 Å². The van der Waals surface area contributed by atoms with Gasteiger partial charge in [0.15, 0.2) is 18.1 Å². The molecule has 3 aromatic carbocycles. The first-order valence-electron chi connectivity index (χ1n) is 9.61. The Balaban J connectivity index is 1.52. The zero-order chi connectivity index (χ0) is 21.3. The molecule has 6 heteroatoms. The molecule has 1 atom stereocenters. The molecule has 0 radical (unpaired) electrons. The van der Waals surface area contributed by atoms with Crippen molar-refractivity contribution in [3.05, 3.63) is 100 Å². The zero-order valence-electron chi connectivity index (χ0n) is 16.4. The van der Waals surface area contributed by atoms with Crippen molar-refractivity contribution in [1.82, 2.24) is 0 Å². The maximum absolute atomic E-state index is 13.4. The summed E-state index contributed by atoms with van der Waals surface area (Å²) in [5, 5.41) is 2.77. The fourth-order valence-electron chi connectivity index (χ4n) is 3.78. The van der Waals surface area contributed by atoms with Crippen LogP contribution >= 0.6 is 0 Å². The van der Waals surface area contributed by atoms with Crippen molar-refractivity contribution in [3.8, 4) is 0 Å². The van der Waals surface area contributed by atoms with Gasteiger partial charge in [-0.3, -0.25) is 14.4 Å². The van der Waals surface area contributed by atoms with E-state index in [1.165, 1.54) is 12.1 Å². The molecule has 0 fully saturated rings. The van der Waals surface area contributed by atoms with E-state index < -0.39 is 0 Å². The molecule has 3 aromatic rings. The van der Waals surface area contributed by atoms with E-state index in [-0.39, 0.29) is 41.0 Å². The molecular formula is C24H20FN2O3+. The van der Waals surface area contributed by atoms with E-state index in [0.717, 1.165) is 10.5 Å². The number of nitrogens with one attached hydrogen (secondary N) is 2. The Morgan fingerprint density at radius 3 is 2.30 bits per heavy atom. The third-order valence-corrected chi connectivity index (χ3v) is 5.08. The standard InChI is InChI=1S/C24H19FN2O3/c1-27(13-15-6-4-7-16(25)12-15)14-21(28)26-20-11-5-10-19-22(20)24(30)18-9-3-2-8-17(18)23(19)29/h2-12H,13-14H2,1H3,(H,26,28)/p+1. The summed E-state index contributed by atoms with van der Waals surface area (Å²) in [6, 6.07) is 17.8. The highest BCUT2D eigenvalue weighted by atomic mass is 19.1. The van der Waals surface area contributed by atoms with E-state index in [9.17, 15) is 18.8 Å². The number of rotatable bonds is 5. The second-order valence-electron chi connectivity index (χ2n) is 7.42. The number of fused-ring (bicyclic) bond motifs is 2. The number of carbonyl (C=O) groups is 3. The number of quaternary nitrogens is 1. The molecule has 0 heterocycles. The largest absolute Gasteiger partial charge is 0.326 e. The summed E-state index contributed by atoms with van der Waals surface area (Å²) in [4.78, 5) is 39.3. The highest BCUT2D eigenvalue weighted by molar-refractivity contribution is 6.30. The van der Waals surface area contributed by atoms with Gasteiger partial charge in [0.25, 0.3) is 5.91 Å². The van der Waals surface area contributed by atoms with Gasteiger partial charge in [0.2, 0.25) is 0 Å². The Bertz CT molecular complexity index is 1170. The Labute approximate surface area is 173 Å². The molecule has 0 bridgehead atoms. The van der Waals surface area contributed by atoms with Crippen LogP contribution in [0.25, 0.3) is 0 Å². The first-order chi connectivity index (χ1) is 14.4. The zero-order valence-corrected chi connectivity index (χ0v) is 16.4. The number of carbonyl (C=O) groups excluding carboxylic acids is 3. The fourth-order valence-corrected chi connectivity index (χ4v) is 3.78. The van der Waals surface area contributed by atoms with E-state index in [1.54, 1.807) is 54.6 Å². The Kier molecular flexibility index (Phi) is 5.25. The van der Waals surface area contributed by atoms with Crippen molar-refractivity contribution in [2.75, 3.05) is 18.9 Å². The molecule has 0 spiro atoms. The molecule has 0 saturated carbocycles. The van der Waals surface area contributed by atoms with Crippen molar-refractivity contribution in [1.29, 1.82) is 0 Å². The summed E-state index contributed by atoms with van der Waals surface area (Å²) in [7, 11) is 1.83. The highest BCUT2D eigenvalue weighted by Gasteiger charge is 2.31. The quantitative estimate of drug-likeness (QED) is 0.537. The van der Waals surface area contributed by atoms with Crippen LogP contribution < -0.4 is 10.2 Å². The number of halogens is 1. The van der Waals surface area contributed by atoms with Gasteiger partial charge in [-0.2, -0.15) is 0 Å². The molecule has 1 unspecified atom stereocenters. The normalized spacial score (nSPS) is 13.4. The molecule has 30 heavy (non-hydrogen) atoms. The minimum Gasteiger partial charge on any atom is -0.326 e. The summed E-state index contributed by atoms with van der Waals surface area (Å²) < 4.78 is 13.4. The first kappa shape index (κ1) is 19.7. The molecule has 2 N–H and O–H groups in total. The lowest BCUT2D eigenvalue weighted by molar-refractivity contribution is -0.885. The Hall–Kier alpha value is -3.64. The fraction of sp³-hybridized carbons (Fsp3) is 0.125.